The van der Waals surface area contributed by atoms with Crippen molar-refractivity contribution in [2.75, 3.05) is 28.6 Å². The summed E-state index contributed by atoms with van der Waals surface area (Å²) in [5, 5.41) is 18.0. The molecule has 1 saturated heterocycles. The first kappa shape index (κ1) is 25.9. The van der Waals surface area contributed by atoms with Gasteiger partial charge in [-0.2, -0.15) is 0 Å². The Kier molecular flexibility index (Phi) is 8.31. The number of hydrogen-bond donors (Lipinski definition) is 3. The van der Waals surface area contributed by atoms with E-state index in [0.717, 1.165) is 42.7 Å². The number of aromatic nitrogens is 2. The van der Waals surface area contributed by atoms with Crippen LogP contribution in [0.4, 0.5) is 17.1 Å². The molecule has 0 bridgehead atoms. The van der Waals surface area contributed by atoms with E-state index in [1.165, 1.54) is 6.42 Å². The molecular formula is C30H30BrN5O2. The Morgan fingerprint density at radius 1 is 0.947 bits per heavy atom. The molecule has 1 amide bonds. The summed E-state index contributed by atoms with van der Waals surface area (Å²) in [7, 11) is 0. The van der Waals surface area contributed by atoms with E-state index in [2.05, 4.69) is 41.4 Å². The van der Waals surface area contributed by atoms with E-state index in [0.29, 0.717) is 33.7 Å². The number of halogens is 1. The van der Waals surface area contributed by atoms with Crippen LogP contribution in [-0.4, -0.2) is 34.1 Å². The maximum absolute atomic E-state index is 13.1. The summed E-state index contributed by atoms with van der Waals surface area (Å²) in [6.45, 7) is 1.95. The summed E-state index contributed by atoms with van der Waals surface area (Å²) >= 11 is 3.45. The van der Waals surface area contributed by atoms with Gasteiger partial charge in [-0.1, -0.05) is 58.4 Å². The van der Waals surface area contributed by atoms with E-state index in [9.17, 15) is 9.90 Å². The molecule has 7 nitrogen and oxygen atoms in total. The van der Waals surface area contributed by atoms with Gasteiger partial charge in [0.05, 0.1) is 18.1 Å². The molecule has 4 aromatic rings. The maximum atomic E-state index is 13.1. The zero-order valence-electron chi connectivity index (χ0n) is 21.0. The van der Waals surface area contributed by atoms with Gasteiger partial charge in [0.25, 0.3) is 5.91 Å². The van der Waals surface area contributed by atoms with Crippen LogP contribution in [0.5, 0.6) is 0 Å². The summed E-state index contributed by atoms with van der Waals surface area (Å²) in [6, 6.07) is 23.0. The molecule has 1 fully saturated rings. The highest BCUT2D eigenvalue weighted by molar-refractivity contribution is 9.08. The number of benzene rings is 3. The maximum Gasteiger partial charge on any atom is 0.255 e. The van der Waals surface area contributed by atoms with E-state index < -0.39 is 6.23 Å². The van der Waals surface area contributed by atoms with Crippen LogP contribution in [-0.2, 0) is 5.33 Å². The minimum atomic E-state index is -1.09. The normalized spacial score (nSPS) is 14.1. The molecule has 1 aliphatic heterocycles. The van der Waals surface area contributed by atoms with Crippen molar-refractivity contribution in [2.45, 2.75) is 30.8 Å². The van der Waals surface area contributed by atoms with E-state index in [1.54, 1.807) is 18.5 Å². The minimum absolute atomic E-state index is 0.234. The number of anilines is 3. The van der Waals surface area contributed by atoms with Gasteiger partial charge in [0, 0.05) is 46.5 Å². The van der Waals surface area contributed by atoms with Crippen LogP contribution in [0.3, 0.4) is 0 Å². The predicted molar refractivity (Wildman–Crippen MR) is 156 cm³/mol. The fourth-order valence-corrected chi connectivity index (χ4v) is 4.95. The van der Waals surface area contributed by atoms with Crippen LogP contribution >= 0.6 is 15.9 Å². The van der Waals surface area contributed by atoms with Crippen molar-refractivity contribution in [3.05, 3.63) is 102 Å². The van der Waals surface area contributed by atoms with E-state index in [1.807, 2.05) is 66.7 Å². The lowest BCUT2D eigenvalue weighted by Crippen LogP contribution is -2.29. The van der Waals surface area contributed by atoms with Crippen LogP contribution in [0, 0.1) is 0 Å². The molecule has 1 atom stereocenters. The number of amides is 1. The second kappa shape index (κ2) is 12.2. The topological polar surface area (TPSA) is 90.4 Å². The molecule has 3 aromatic carbocycles. The Bertz CT molecular complexity index is 1380. The van der Waals surface area contributed by atoms with Gasteiger partial charge in [0.1, 0.15) is 0 Å². The van der Waals surface area contributed by atoms with Gasteiger partial charge < -0.3 is 20.6 Å². The van der Waals surface area contributed by atoms with E-state index >= 15 is 0 Å². The number of carbonyl (C=O) groups excluding carboxylic acids is 1. The standard InChI is InChI=1S/C30H30BrN5O2/c31-18-21-8-7-11-23(16-21)29(37)35-27-13-12-25(36-14-5-2-6-15-36)17-26(27)30(38)34-24-19-32-28(33-20-24)22-9-3-1-4-10-22/h1,3-4,7-13,16-17,19-20,30,34,38H,2,5-6,14-15,18H2,(H,35,37). The van der Waals surface area contributed by atoms with Gasteiger partial charge in [-0.05, 0) is 55.2 Å². The molecule has 38 heavy (non-hydrogen) atoms. The third kappa shape index (κ3) is 6.20. The molecule has 1 aliphatic rings. The summed E-state index contributed by atoms with van der Waals surface area (Å²) in [6.07, 6.45) is 5.73. The fourth-order valence-electron chi connectivity index (χ4n) is 4.60. The van der Waals surface area contributed by atoms with Crippen molar-refractivity contribution in [3.8, 4) is 11.4 Å². The van der Waals surface area contributed by atoms with Crippen molar-refractivity contribution in [3.63, 3.8) is 0 Å². The van der Waals surface area contributed by atoms with Crippen LogP contribution < -0.4 is 15.5 Å². The summed E-state index contributed by atoms with van der Waals surface area (Å²) in [5.41, 5.74) is 5.20. The molecule has 3 N–H and O–H groups in total. The first-order valence-electron chi connectivity index (χ1n) is 12.8. The third-order valence-corrected chi connectivity index (χ3v) is 7.28. The minimum Gasteiger partial charge on any atom is -0.372 e. The van der Waals surface area contributed by atoms with Crippen molar-refractivity contribution in [1.29, 1.82) is 0 Å². The van der Waals surface area contributed by atoms with Gasteiger partial charge in [-0.15, -0.1) is 0 Å². The Morgan fingerprint density at radius 3 is 2.45 bits per heavy atom. The molecule has 0 saturated carbocycles. The lowest BCUT2D eigenvalue weighted by molar-refractivity contribution is 0.102. The van der Waals surface area contributed by atoms with Gasteiger partial charge in [-0.3, -0.25) is 4.79 Å². The average molecular weight is 573 g/mol. The van der Waals surface area contributed by atoms with Gasteiger partial charge in [0.15, 0.2) is 12.1 Å². The fraction of sp³-hybridized carbons (Fsp3) is 0.233. The lowest BCUT2D eigenvalue weighted by atomic mass is 10.1. The number of hydrogen-bond acceptors (Lipinski definition) is 6. The molecule has 2 heterocycles. The number of aliphatic hydroxyl groups excluding tert-OH is 1. The van der Waals surface area contributed by atoms with Crippen molar-refractivity contribution < 1.29 is 9.90 Å². The number of carbonyl (C=O) groups is 1. The van der Waals surface area contributed by atoms with E-state index in [4.69, 9.17) is 0 Å². The Hall–Kier alpha value is -3.75. The molecule has 194 valence electrons. The second-order valence-corrected chi connectivity index (χ2v) is 9.88. The Morgan fingerprint density at radius 2 is 1.71 bits per heavy atom. The monoisotopic (exact) mass is 571 g/mol. The molecule has 1 aromatic heterocycles. The molecule has 0 spiro atoms. The third-order valence-electron chi connectivity index (χ3n) is 6.63. The van der Waals surface area contributed by atoms with Crippen LogP contribution in [0.15, 0.2) is 85.2 Å². The smallest absolute Gasteiger partial charge is 0.255 e. The summed E-state index contributed by atoms with van der Waals surface area (Å²) in [5.74, 6) is 0.374. The van der Waals surface area contributed by atoms with Crippen LogP contribution in [0.1, 0.15) is 47.0 Å². The van der Waals surface area contributed by atoms with Gasteiger partial charge >= 0.3 is 0 Å². The van der Waals surface area contributed by atoms with Gasteiger partial charge in [-0.25, -0.2) is 9.97 Å². The van der Waals surface area contributed by atoms with Gasteiger partial charge in [0.2, 0.25) is 0 Å². The van der Waals surface area contributed by atoms with Crippen molar-refractivity contribution in [2.24, 2.45) is 0 Å². The number of nitrogens with one attached hydrogen (secondary N) is 2. The Balaban J connectivity index is 1.40. The van der Waals surface area contributed by atoms with E-state index in [-0.39, 0.29) is 5.91 Å². The highest BCUT2D eigenvalue weighted by atomic mass is 79.9. The lowest BCUT2D eigenvalue weighted by Gasteiger charge is -2.30. The van der Waals surface area contributed by atoms with Crippen molar-refractivity contribution >= 4 is 38.9 Å². The second-order valence-electron chi connectivity index (χ2n) is 9.32. The SMILES string of the molecule is O=C(Nc1ccc(N2CCCCC2)cc1C(O)Nc1cnc(-c2ccccc2)nc1)c1cccc(CBr)c1. The summed E-state index contributed by atoms with van der Waals surface area (Å²) < 4.78 is 0. The first-order chi connectivity index (χ1) is 18.6. The van der Waals surface area contributed by atoms with Crippen LogP contribution in [0.25, 0.3) is 11.4 Å². The highest BCUT2D eigenvalue weighted by Gasteiger charge is 2.19. The number of nitrogens with zero attached hydrogens (tertiary/aromatic N) is 3. The molecule has 0 radical (unpaired) electrons. The number of aliphatic hydroxyl groups is 1. The summed E-state index contributed by atoms with van der Waals surface area (Å²) in [4.78, 5) is 24.3. The molecule has 0 aliphatic carbocycles. The number of piperidine rings is 1. The zero-order valence-corrected chi connectivity index (χ0v) is 22.6. The zero-order chi connectivity index (χ0) is 26.3. The van der Waals surface area contributed by atoms with Crippen molar-refractivity contribution in [1.82, 2.24) is 9.97 Å². The quantitative estimate of drug-likeness (QED) is 0.168. The predicted octanol–water partition coefficient (Wildman–Crippen LogP) is 6.38. The number of rotatable bonds is 8. The first-order valence-corrected chi connectivity index (χ1v) is 13.9. The highest BCUT2D eigenvalue weighted by Crippen LogP contribution is 2.31. The average Bonchev–Trinajstić information content (AvgIpc) is 2.98. The molecule has 8 heteroatoms. The Labute approximate surface area is 231 Å². The molecular weight excluding hydrogens is 542 g/mol. The molecule has 5 rings (SSSR count). The molecule has 1 unspecified atom stereocenters. The van der Waals surface area contributed by atoms with Crippen LogP contribution in [0.2, 0.25) is 0 Å². The number of alkyl halides is 1. The largest absolute Gasteiger partial charge is 0.372 e.